The monoisotopic (exact) mass is 240 g/mol. The number of methoxy groups -OCH3 is 1. The van der Waals surface area contributed by atoms with Gasteiger partial charge in [0, 0.05) is 17.5 Å². The van der Waals surface area contributed by atoms with E-state index in [0.717, 1.165) is 16.8 Å². The van der Waals surface area contributed by atoms with Crippen molar-refractivity contribution in [2.75, 3.05) is 7.11 Å². The highest BCUT2D eigenvalue weighted by atomic mass is 16.5. The van der Waals surface area contributed by atoms with E-state index in [1.54, 1.807) is 24.4 Å². The van der Waals surface area contributed by atoms with Crippen molar-refractivity contribution in [1.29, 1.82) is 5.26 Å². The number of aromatic nitrogens is 1. The van der Waals surface area contributed by atoms with E-state index in [2.05, 4.69) is 11.1 Å². The summed E-state index contributed by atoms with van der Waals surface area (Å²) < 4.78 is 5.06. The lowest BCUT2D eigenvalue weighted by Crippen LogP contribution is -1.91. The van der Waals surface area contributed by atoms with Crippen LogP contribution in [0.2, 0.25) is 0 Å². The van der Waals surface area contributed by atoms with Gasteiger partial charge < -0.3 is 9.84 Å². The molecule has 0 amide bonds. The number of phenols is 1. The lowest BCUT2D eigenvalue weighted by Gasteiger charge is -2.08. The Morgan fingerprint density at radius 2 is 2.11 bits per heavy atom. The Kier molecular flexibility index (Phi) is 3.16. The van der Waals surface area contributed by atoms with Gasteiger partial charge in [0.2, 0.25) is 0 Å². The average molecular weight is 240 g/mol. The standard InChI is InChI=1S/C14H12N2O2/c1-9-5-12(11(7-15)8-16-9)10-3-4-13(17)14(6-10)18-2/h3-6,8,17H,1-2H3. The SMILES string of the molecule is COc1cc(-c2cc(C)ncc2C#N)ccc1O. The van der Waals surface area contributed by atoms with Crippen molar-refractivity contribution in [3.05, 3.63) is 41.7 Å². The zero-order valence-electron chi connectivity index (χ0n) is 10.1. The van der Waals surface area contributed by atoms with Crippen molar-refractivity contribution in [1.82, 2.24) is 4.98 Å². The van der Waals surface area contributed by atoms with Crippen molar-refractivity contribution in [2.45, 2.75) is 6.92 Å². The molecular formula is C14H12N2O2. The number of phenolic OH excluding ortho intramolecular Hbond substituents is 1. The fourth-order valence-corrected chi connectivity index (χ4v) is 1.73. The van der Waals surface area contributed by atoms with Gasteiger partial charge in [0.25, 0.3) is 0 Å². The first-order valence-corrected chi connectivity index (χ1v) is 5.40. The van der Waals surface area contributed by atoms with E-state index in [9.17, 15) is 5.11 Å². The van der Waals surface area contributed by atoms with Crippen molar-refractivity contribution in [2.24, 2.45) is 0 Å². The molecular weight excluding hydrogens is 228 g/mol. The Balaban J connectivity index is 2.62. The third kappa shape index (κ3) is 2.11. The summed E-state index contributed by atoms with van der Waals surface area (Å²) in [6.45, 7) is 1.86. The van der Waals surface area contributed by atoms with Crippen molar-refractivity contribution >= 4 is 0 Å². The van der Waals surface area contributed by atoms with Crippen molar-refractivity contribution in [3.8, 4) is 28.7 Å². The summed E-state index contributed by atoms with van der Waals surface area (Å²) in [5, 5.41) is 18.6. The zero-order chi connectivity index (χ0) is 13.1. The summed E-state index contributed by atoms with van der Waals surface area (Å²) in [5.74, 6) is 0.455. The van der Waals surface area contributed by atoms with E-state index < -0.39 is 0 Å². The smallest absolute Gasteiger partial charge is 0.161 e. The molecule has 4 nitrogen and oxygen atoms in total. The van der Waals surface area contributed by atoms with E-state index in [1.807, 2.05) is 13.0 Å². The molecule has 18 heavy (non-hydrogen) atoms. The summed E-state index contributed by atoms with van der Waals surface area (Å²) in [6, 6.07) is 8.93. The van der Waals surface area contributed by atoms with Crippen molar-refractivity contribution < 1.29 is 9.84 Å². The predicted molar refractivity (Wildman–Crippen MR) is 67.3 cm³/mol. The minimum absolute atomic E-state index is 0.0746. The first-order chi connectivity index (χ1) is 8.65. The Hall–Kier alpha value is -2.54. The molecule has 4 heteroatoms. The molecule has 0 bridgehead atoms. The molecule has 0 aliphatic rings. The minimum Gasteiger partial charge on any atom is -0.504 e. The van der Waals surface area contributed by atoms with Gasteiger partial charge in [-0.3, -0.25) is 4.98 Å². The molecule has 1 aromatic carbocycles. The molecule has 1 heterocycles. The highest BCUT2D eigenvalue weighted by Crippen LogP contribution is 2.32. The van der Waals surface area contributed by atoms with Crippen LogP contribution < -0.4 is 4.74 Å². The highest BCUT2D eigenvalue weighted by molar-refractivity contribution is 5.72. The number of pyridine rings is 1. The average Bonchev–Trinajstić information content (AvgIpc) is 2.39. The lowest BCUT2D eigenvalue weighted by molar-refractivity contribution is 0.373. The second-order valence-corrected chi connectivity index (χ2v) is 3.87. The Morgan fingerprint density at radius 3 is 2.78 bits per heavy atom. The molecule has 0 saturated heterocycles. The molecule has 0 radical (unpaired) electrons. The third-order valence-electron chi connectivity index (χ3n) is 2.65. The minimum atomic E-state index is 0.0746. The molecule has 90 valence electrons. The molecule has 0 saturated carbocycles. The molecule has 2 aromatic rings. The summed E-state index contributed by atoms with van der Waals surface area (Å²) in [4.78, 5) is 4.09. The lowest BCUT2D eigenvalue weighted by atomic mass is 10.0. The van der Waals surface area contributed by atoms with Gasteiger partial charge in [-0.1, -0.05) is 6.07 Å². The van der Waals surface area contributed by atoms with Crippen LogP contribution in [-0.4, -0.2) is 17.2 Å². The first kappa shape index (κ1) is 11.9. The quantitative estimate of drug-likeness (QED) is 0.876. The fourth-order valence-electron chi connectivity index (χ4n) is 1.73. The number of nitrogens with zero attached hydrogens (tertiary/aromatic N) is 2. The van der Waals surface area contributed by atoms with Crippen LogP contribution in [-0.2, 0) is 0 Å². The maximum atomic E-state index is 9.56. The van der Waals surface area contributed by atoms with Crippen LogP contribution in [0.3, 0.4) is 0 Å². The largest absolute Gasteiger partial charge is 0.504 e. The first-order valence-electron chi connectivity index (χ1n) is 5.40. The number of ether oxygens (including phenoxy) is 1. The third-order valence-corrected chi connectivity index (χ3v) is 2.65. The molecule has 0 aliphatic carbocycles. The van der Waals surface area contributed by atoms with E-state index in [0.29, 0.717) is 11.3 Å². The molecule has 1 aromatic heterocycles. The molecule has 0 aliphatic heterocycles. The van der Waals surface area contributed by atoms with Gasteiger partial charge in [0.15, 0.2) is 11.5 Å². The normalized spacial score (nSPS) is 9.83. The van der Waals surface area contributed by atoms with Crippen LogP contribution in [0.1, 0.15) is 11.3 Å². The Bertz CT molecular complexity index is 630. The molecule has 1 N–H and O–H groups in total. The zero-order valence-corrected chi connectivity index (χ0v) is 10.1. The van der Waals surface area contributed by atoms with Crippen molar-refractivity contribution in [3.63, 3.8) is 0 Å². The van der Waals surface area contributed by atoms with E-state index in [4.69, 9.17) is 10.00 Å². The van der Waals surface area contributed by atoms with Gasteiger partial charge in [0.1, 0.15) is 6.07 Å². The number of aromatic hydroxyl groups is 1. The number of hydrogen-bond acceptors (Lipinski definition) is 4. The fraction of sp³-hybridized carbons (Fsp3) is 0.143. The maximum absolute atomic E-state index is 9.56. The van der Waals surface area contributed by atoms with Gasteiger partial charge in [-0.15, -0.1) is 0 Å². The van der Waals surface area contributed by atoms with E-state index in [-0.39, 0.29) is 5.75 Å². The number of nitriles is 1. The molecule has 0 fully saturated rings. The van der Waals surface area contributed by atoms with Gasteiger partial charge in [-0.2, -0.15) is 5.26 Å². The van der Waals surface area contributed by atoms with Crippen LogP contribution in [0.25, 0.3) is 11.1 Å². The summed E-state index contributed by atoms with van der Waals surface area (Å²) in [6.07, 6.45) is 1.55. The summed E-state index contributed by atoms with van der Waals surface area (Å²) >= 11 is 0. The second kappa shape index (κ2) is 4.76. The molecule has 2 rings (SSSR count). The van der Waals surface area contributed by atoms with Crippen LogP contribution in [0.15, 0.2) is 30.5 Å². The van der Waals surface area contributed by atoms with Crippen LogP contribution in [0, 0.1) is 18.3 Å². The number of hydrogen-bond donors (Lipinski definition) is 1. The van der Waals surface area contributed by atoms with Gasteiger partial charge in [0.05, 0.1) is 12.7 Å². The van der Waals surface area contributed by atoms with E-state index in [1.165, 1.54) is 7.11 Å². The molecule has 0 atom stereocenters. The van der Waals surface area contributed by atoms with Crippen LogP contribution >= 0.6 is 0 Å². The predicted octanol–water partition coefficient (Wildman–Crippen LogP) is 2.64. The second-order valence-electron chi connectivity index (χ2n) is 3.87. The Morgan fingerprint density at radius 1 is 1.33 bits per heavy atom. The summed E-state index contributed by atoms with van der Waals surface area (Å²) in [7, 11) is 1.49. The van der Waals surface area contributed by atoms with Gasteiger partial charge in [-0.05, 0) is 30.7 Å². The van der Waals surface area contributed by atoms with Gasteiger partial charge >= 0.3 is 0 Å². The highest BCUT2D eigenvalue weighted by Gasteiger charge is 2.09. The Labute approximate surface area is 105 Å². The van der Waals surface area contributed by atoms with Gasteiger partial charge in [-0.25, -0.2) is 0 Å². The topological polar surface area (TPSA) is 66.1 Å². The number of aryl methyl sites for hydroxylation is 1. The van der Waals surface area contributed by atoms with E-state index >= 15 is 0 Å². The molecule has 0 unspecified atom stereocenters. The number of benzene rings is 1. The van der Waals surface area contributed by atoms with Crippen LogP contribution in [0.5, 0.6) is 11.5 Å². The number of rotatable bonds is 2. The molecule has 0 spiro atoms. The summed E-state index contributed by atoms with van der Waals surface area (Å²) in [5.41, 5.74) is 2.92. The maximum Gasteiger partial charge on any atom is 0.161 e. The van der Waals surface area contributed by atoms with Crippen LogP contribution in [0.4, 0.5) is 0 Å².